The first-order chi connectivity index (χ1) is 10.4. The van der Waals surface area contributed by atoms with Gasteiger partial charge in [0, 0.05) is 11.6 Å². The summed E-state index contributed by atoms with van der Waals surface area (Å²) >= 11 is 0. The number of aromatic amines is 1. The number of hydrogen-bond donors (Lipinski definition) is 3. The molecule has 1 heterocycles. The van der Waals surface area contributed by atoms with Gasteiger partial charge in [0.1, 0.15) is 0 Å². The lowest BCUT2D eigenvalue weighted by Gasteiger charge is -2.15. The lowest BCUT2D eigenvalue weighted by molar-refractivity contribution is -0.115. The molecule has 1 amide bonds. The topological polar surface area (TPSA) is 69.8 Å². The van der Waals surface area contributed by atoms with Crippen molar-refractivity contribution >= 4 is 11.6 Å². The van der Waals surface area contributed by atoms with Crippen molar-refractivity contribution in [2.45, 2.75) is 26.8 Å². The molecule has 0 radical (unpaired) electrons. The summed E-state index contributed by atoms with van der Waals surface area (Å²) in [5.74, 6) is -2.08. The van der Waals surface area contributed by atoms with E-state index in [0.29, 0.717) is 11.4 Å². The van der Waals surface area contributed by atoms with Gasteiger partial charge in [-0.15, -0.1) is 0 Å². The van der Waals surface area contributed by atoms with Gasteiger partial charge in [-0.25, -0.2) is 8.78 Å². The summed E-state index contributed by atoms with van der Waals surface area (Å²) in [5.41, 5.74) is 2.27. The SMILES string of the molecule is Cc1n[nH]c(C)c1NC(=O)CNC(C)c1cccc(F)c1F. The number of anilines is 1. The Balaban J connectivity index is 1.95. The third-order valence-electron chi connectivity index (χ3n) is 3.41. The van der Waals surface area contributed by atoms with E-state index in [-0.39, 0.29) is 18.0 Å². The number of nitrogens with one attached hydrogen (secondary N) is 3. The highest BCUT2D eigenvalue weighted by molar-refractivity contribution is 5.93. The first kappa shape index (κ1) is 16.1. The van der Waals surface area contributed by atoms with Crippen LogP contribution in [0.1, 0.15) is 29.9 Å². The standard InChI is InChI=1S/C15H18F2N4O/c1-8(11-5-4-6-12(16)14(11)17)18-7-13(22)19-15-9(2)20-21-10(15)3/h4-6,8,18H,7H2,1-3H3,(H,19,22)(H,20,21). The molecule has 0 aliphatic carbocycles. The van der Waals surface area contributed by atoms with Gasteiger partial charge >= 0.3 is 0 Å². The van der Waals surface area contributed by atoms with Gasteiger partial charge in [0.15, 0.2) is 11.6 Å². The zero-order valence-corrected chi connectivity index (χ0v) is 12.6. The first-order valence-corrected chi connectivity index (χ1v) is 6.89. The molecule has 0 spiro atoms. The molecule has 0 aliphatic heterocycles. The minimum atomic E-state index is -0.903. The van der Waals surface area contributed by atoms with Crippen LogP contribution in [0.3, 0.4) is 0 Å². The van der Waals surface area contributed by atoms with Crippen LogP contribution >= 0.6 is 0 Å². The predicted octanol–water partition coefficient (Wildman–Crippen LogP) is 2.59. The van der Waals surface area contributed by atoms with E-state index < -0.39 is 17.7 Å². The molecule has 0 fully saturated rings. The number of H-pyrrole nitrogens is 1. The zero-order valence-electron chi connectivity index (χ0n) is 12.6. The van der Waals surface area contributed by atoms with Gasteiger partial charge in [-0.05, 0) is 26.8 Å². The van der Waals surface area contributed by atoms with Crippen molar-refractivity contribution in [2.75, 3.05) is 11.9 Å². The monoisotopic (exact) mass is 308 g/mol. The van der Waals surface area contributed by atoms with Crippen LogP contribution in [0.4, 0.5) is 14.5 Å². The summed E-state index contributed by atoms with van der Waals surface area (Å²) in [6.45, 7) is 5.21. The maximum Gasteiger partial charge on any atom is 0.238 e. The van der Waals surface area contributed by atoms with Crippen molar-refractivity contribution in [1.82, 2.24) is 15.5 Å². The molecule has 7 heteroatoms. The summed E-state index contributed by atoms with van der Waals surface area (Å²) in [4.78, 5) is 11.9. The molecule has 0 aliphatic rings. The number of halogens is 2. The quantitative estimate of drug-likeness (QED) is 0.795. The zero-order chi connectivity index (χ0) is 16.3. The molecule has 0 saturated heterocycles. The first-order valence-electron chi connectivity index (χ1n) is 6.89. The summed E-state index contributed by atoms with van der Waals surface area (Å²) in [7, 11) is 0. The molecule has 1 aromatic carbocycles. The number of amides is 1. The second kappa shape index (κ2) is 6.65. The minimum Gasteiger partial charge on any atom is -0.322 e. The van der Waals surface area contributed by atoms with Crippen molar-refractivity contribution in [3.05, 3.63) is 46.8 Å². The van der Waals surface area contributed by atoms with Crippen molar-refractivity contribution < 1.29 is 13.6 Å². The molecule has 2 aromatic rings. The second-order valence-electron chi connectivity index (χ2n) is 5.10. The van der Waals surface area contributed by atoms with Crippen LogP contribution < -0.4 is 10.6 Å². The van der Waals surface area contributed by atoms with Crippen molar-refractivity contribution in [3.63, 3.8) is 0 Å². The minimum absolute atomic E-state index is 0.0266. The molecule has 2 rings (SSSR count). The average molecular weight is 308 g/mol. The molecule has 0 saturated carbocycles. The number of carbonyl (C=O) groups excluding carboxylic acids is 1. The number of aryl methyl sites for hydroxylation is 2. The van der Waals surface area contributed by atoms with Gasteiger partial charge in [0.25, 0.3) is 0 Å². The van der Waals surface area contributed by atoms with Gasteiger partial charge in [-0.3, -0.25) is 9.89 Å². The molecule has 1 unspecified atom stereocenters. The maximum atomic E-state index is 13.7. The number of carbonyl (C=O) groups is 1. The van der Waals surface area contributed by atoms with E-state index in [4.69, 9.17) is 0 Å². The number of aromatic nitrogens is 2. The van der Waals surface area contributed by atoms with Gasteiger partial charge < -0.3 is 10.6 Å². The van der Waals surface area contributed by atoms with Crippen LogP contribution in [-0.4, -0.2) is 22.6 Å². The third-order valence-corrected chi connectivity index (χ3v) is 3.41. The molecule has 5 nitrogen and oxygen atoms in total. The third kappa shape index (κ3) is 3.48. The highest BCUT2D eigenvalue weighted by Crippen LogP contribution is 2.19. The highest BCUT2D eigenvalue weighted by Gasteiger charge is 2.16. The molecule has 1 aromatic heterocycles. The van der Waals surface area contributed by atoms with E-state index in [9.17, 15) is 13.6 Å². The average Bonchev–Trinajstić information content (AvgIpc) is 2.79. The van der Waals surface area contributed by atoms with Crippen LogP contribution in [0.15, 0.2) is 18.2 Å². The molecule has 22 heavy (non-hydrogen) atoms. The Kier molecular flexibility index (Phi) is 4.87. The molecule has 0 bridgehead atoms. The largest absolute Gasteiger partial charge is 0.322 e. The van der Waals surface area contributed by atoms with Crippen LogP contribution in [-0.2, 0) is 4.79 Å². The van der Waals surface area contributed by atoms with Gasteiger partial charge in [0.05, 0.1) is 23.6 Å². The number of benzene rings is 1. The molecular formula is C15H18F2N4O. The van der Waals surface area contributed by atoms with Crippen LogP contribution in [0.5, 0.6) is 0 Å². The Morgan fingerprint density at radius 2 is 2.09 bits per heavy atom. The maximum absolute atomic E-state index is 13.7. The molecule has 118 valence electrons. The van der Waals surface area contributed by atoms with E-state index in [1.54, 1.807) is 20.8 Å². The van der Waals surface area contributed by atoms with Crippen molar-refractivity contribution in [1.29, 1.82) is 0 Å². The Morgan fingerprint density at radius 3 is 2.73 bits per heavy atom. The van der Waals surface area contributed by atoms with Gasteiger partial charge in [-0.2, -0.15) is 5.10 Å². The normalized spacial score (nSPS) is 12.2. The van der Waals surface area contributed by atoms with Crippen LogP contribution in [0.25, 0.3) is 0 Å². The lowest BCUT2D eigenvalue weighted by atomic mass is 10.1. The Hall–Kier alpha value is -2.28. The second-order valence-corrected chi connectivity index (χ2v) is 5.10. The molecular weight excluding hydrogens is 290 g/mol. The van der Waals surface area contributed by atoms with E-state index in [1.165, 1.54) is 12.1 Å². The summed E-state index contributed by atoms with van der Waals surface area (Å²) in [6, 6.07) is 3.48. The highest BCUT2D eigenvalue weighted by atomic mass is 19.2. The Bertz CT molecular complexity index is 665. The van der Waals surface area contributed by atoms with E-state index in [1.807, 2.05) is 0 Å². The fraction of sp³-hybridized carbons (Fsp3) is 0.333. The van der Waals surface area contributed by atoms with E-state index >= 15 is 0 Å². The van der Waals surface area contributed by atoms with E-state index in [0.717, 1.165) is 11.8 Å². The van der Waals surface area contributed by atoms with Crippen molar-refractivity contribution in [2.24, 2.45) is 0 Å². The predicted molar refractivity (Wildman–Crippen MR) is 79.5 cm³/mol. The number of hydrogen-bond acceptors (Lipinski definition) is 3. The summed E-state index contributed by atoms with van der Waals surface area (Å²) in [6.07, 6.45) is 0. The summed E-state index contributed by atoms with van der Waals surface area (Å²) in [5, 5.41) is 12.3. The molecule has 3 N–H and O–H groups in total. The van der Waals surface area contributed by atoms with Gasteiger partial charge in [0.2, 0.25) is 5.91 Å². The molecule has 1 atom stereocenters. The van der Waals surface area contributed by atoms with Crippen LogP contribution in [0, 0.1) is 25.5 Å². The lowest BCUT2D eigenvalue weighted by Crippen LogP contribution is -2.30. The Morgan fingerprint density at radius 1 is 1.36 bits per heavy atom. The summed E-state index contributed by atoms with van der Waals surface area (Å²) < 4.78 is 26.8. The number of nitrogens with zero attached hydrogens (tertiary/aromatic N) is 1. The smallest absolute Gasteiger partial charge is 0.238 e. The number of rotatable bonds is 5. The fourth-order valence-electron chi connectivity index (χ4n) is 2.13. The van der Waals surface area contributed by atoms with Crippen LogP contribution in [0.2, 0.25) is 0 Å². The fourth-order valence-corrected chi connectivity index (χ4v) is 2.13. The Labute approximate surface area is 127 Å². The van der Waals surface area contributed by atoms with Gasteiger partial charge in [-0.1, -0.05) is 12.1 Å². The van der Waals surface area contributed by atoms with Crippen molar-refractivity contribution in [3.8, 4) is 0 Å². The van der Waals surface area contributed by atoms with E-state index in [2.05, 4.69) is 20.8 Å².